The van der Waals surface area contributed by atoms with Crippen molar-refractivity contribution in [1.82, 2.24) is 5.06 Å². The molecular formula is C5H7NO3. The number of hydroxylamine groups is 2. The van der Waals surface area contributed by atoms with E-state index >= 15 is 0 Å². The maximum atomic E-state index is 10.4. The number of rotatable bonds is 0. The Morgan fingerprint density at radius 1 is 1.56 bits per heavy atom. The molecule has 50 valence electrons. The minimum atomic E-state index is -0.277. The van der Waals surface area contributed by atoms with Crippen molar-refractivity contribution >= 4 is 5.78 Å². The fourth-order valence-electron chi connectivity index (χ4n) is 0.700. The van der Waals surface area contributed by atoms with Crippen molar-refractivity contribution in [1.29, 1.82) is 0 Å². The van der Waals surface area contributed by atoms with Crippen LogP contribution in [0.2, 0.25) is 0 Å². The van der Waals surface area contributed by atoms with Crippen LogP contribution in [0.3, 0.4) is 0 Å². The Kier molecular flexibility index (Phi) is 1.50. The first-order chi connectivity index (χ1) is 4.18. The molecule has 4 nitrogen and oxygen atoms in total. The lowest BCUT2D eigenvalue weighted by Gasteiger charge is -2.15. The van der Waals surface area contributed by atoms with Crippen LogP contribution in [-0.2, 0) is 4.79 Å². The van der Waals surface area contributed by atoms with Crippen molar-refractivity contribution in [3.8, 4) is 0 Å². The van der Waals surface area contributed by atoms with Crippen molar-refractivity contribution < 1.29 is 15.1 Å². The van der Waals surface area contributed by atoms with E-state index in [2.05, 4.69) is 0 Å². The van der Waals surface area contributed by atoms with Gasteiger partial charge in [-0.05, 0) is 0 Å². The Balaban J connectivity index is 2.67. The highest BCUT2D eigenvalue weighted by Crippen LogP contribution is 1.99. The smallest absolute Gasteiger partial charge is 0.175 e. The third-order valence-corrected chi connectivity index (χ3v) is 1.01. The Bertz CT molecular complexity index is 164. The summed E-state index contributed by atoms with van der Waals surface area (Å²) in [7, 11) is 0. The van der Waals surface area contributed by atoms with Gasteiger partial charge in [0.15, 0.2) is 5.78 Å². The van der Waals surface area contributed by atoms with Gasteiger partial charge in [0.05, 0.1) is 13.1 Å². The van der Waals surface area contributed by atoms with E-state index in [1.54, 1.807) is 0 Å². The van der Waals surface area contributed by atoms with Crippen LogP contribution in [0, 0.1) is 0 Å². The van der Waals surface area contributed by atoms with Gasteiger partial charge in [0.25, 0.3) is 0 Å². The molecule has 0 bridgehead atoms. The molecule has 0 spiro atoms. The second kappa shape index (κ2) is 2.16. The zero-order chi connectivity index (χ0) is 6.85. The summed E-state index contributed by atoms with van der Waals surface area (Å²) in [4.78, 5) is 10.4. The van der Waals surface area contributed by atoms with E-state index < -0.39 is 0 Å². The summed E-state index contributed by atoms with van der Waals surface area (Å²) in [5, 5.41) is 18.1. The number of carbonyl (C=O) groups excluding carboxylic acids is 1. The Morgan fingerprint density at radius 2 is 2.22 bits per heavy atom. The fourth-order valence-corrected chi connectivity index (χ4v) is 0.700. The maximum Gasteiger partial charge on any atom is 0.175 e. The normalized spacial score (nSPS) is 21.9. The molecule has 1 aliphatic rings. The molecule has 1 aliphatic heterocycles. The third-order valence-electron chi connectivity index (χ3n) is 1.01. The molecule has 0 atom stereocenters. The van der Waals surface area contributed by atoms with Crippen LogP contribution in [0.1, 0.15) is 0 Å². The van der Waals surface area contributed by atoms with Crippen LogP contribution in [0.4, 0.5) is 0 Å². The number of aliphatic hydroxyl groups excluding tert-OH is 1. The molecule has 0 unspecified atom stereocenters. The van der Waals surface area contributed by atoms with Gasteiger partial charge in [0.1, 0.15) is 5.76 Å². The monoisotopic (exact) mass is 129 g/mol. The van der Waals surface area contributed by atoms with Gasteiger partial charge in [-0.2, -0.15) is 5.06 Å². The minimum absolute atomic E-state index is 0.0238. The predicted octanol–water partition coefficient (Wildman–Crippen LogP) is -0.298. The Morgan fingerprint density at radius 3 is 2.67 bits per heavy atom. The molecule has 0 aliphatic carbocycles. The minimum Gasteiger partial charge on any atom is -0.511 e. The van der Waals surface area contributed by atoms with Crippen LogP contribution in [0.15, 0.2) is 11.8 Å². The highest BCUT2D eigenvalue weighted by molar-refractivity contribution is 5.92. The molecule has 0 aromatic rings. The highest BCUT2D eigenvalue weighted by atomic mass is 16.5. The lowest BCUT2D eigenvalue weighted by molar-refractivity contribution is -0.134. The van der Waals surface area contributed by atoms with Gasteiger partial charge in [-0.1, -0.05) is 0 Å². The van der Waals surface area contributed by atoms with Crippen molar-refractivity contribution in [3.63, 3.8) is 0 Å². The molecule has 0 amide bonds. The van der Waals surface area contributed by atoms with Gasteiger partial charge in [-0.25, -0.2) is 0 Å². The SMILES string of the molecule is O=C1C=C(O)CN(O)C1. The van der Waals surface area contributed by atoms with Crippen molar-refractivity contribution in [2.45, 2.75) is 0 Å². The molecule has 0 aromatic carbocycles. The van der Waals surface area contributed by atoms with E-state index in [-0.39, 0.29) is 24.6 Å². The zero-order valence-corrected chi connectivity index (χ0v) is 4.74. The van der Waals surface area contributed by atoms with Crippen molar-refractivity contribution in [3.05, 3.63) is 11.8 Å². The van der Waals surface area contributed by atoms with Crippen molar-refractivity contribution in [2.75, 3.05) is 13.1 Å². The molecular weight excluding hydrogens is 122 g/mol. The number of nitrogens with zero attached hydrogens (tertiary/aromatic N) is 1. The molecule has 1 heterocycles. The summed E-state index contributed by atoms with van der Waals surface area (Å²) < 4.78 is 0. The molecule has 4 heteroatoms. The molecule has 1 rings (SSSR count). The number of carbonyl (C=O) groups is 1. The van der Waals surface area contributed by atoms with E-state index in [4.69, 9.17) is 10.3 Å². The first-order valence-corrected chi connectivity index (χ1v) is 2.54. The second-order valence-corrected chi connectivity index (χ2v) is 1.92. The van der Waals surface area contributed by atoms with Crippen LogP contribution in [0.25, 0.3) is 0 Å². The quantitative estimate of drug-likeness (QED) is 0.471. The molecule has 9 heavy (non-hydrogen) atoms. The molecule has 0 saturated carbocycles. The molecule has 0 radical (unpaired) electrons. The van der Waals surface area contributed by atoms with Gasteiger partial charge in [-0.15, -0.1) is 0 Å². The summed E-state index contributed by atoms with van der Waals surface area (Å²) in [5.74, 6) is -0.366. The van der Waals surface area contributed by atoms with Crippen LogP contribution < -0.4 is 0 Å². The first kappa shape index (κ1) is 6.25. The van der Waals surface area contributed by atoms with Crippen molar-refractivity contribution in [2.24, 2.45) is 0 Å². The number of hydrogen-bond acceptors (Lipinski definition) is 4. The number of hydrogen-bond donors (Lipinski definition) is 2. The van der Waals surface area contributed by atoms with Gasteiger partial charge >= 0.3 is 0 Å². The Hall–Kier alpha value is -0.870. The van der Waals surface area contributed by atoms with Gasteiger partial charge in [0.2, 0.25) is 0 Å². The second-order valence-electron chi connectivity index (χ2n) is 1.92. The molecule has 2 N–H and O–H groups in total. The number of ketones is 1. The molecule has 0 saturated heterocycles. The summed E-state index contributed by atoms with van der Waals surface area (Å²) in [6.45, 7) is 0.0236. The lowest BCUT2D eigenvalue weighted by atomic mass is 10.2. The zero-order valence-electron chi connectivity index (χ0n) is 4.74. The van der Waals surface area contributed by atoms with E-state index in [0.717, 1.165) is 11.1 Å². The topological polar surface area (TPSA) is 60.8 Å². The fraction of sp³-hybridized carbons (Fsp3) is 0.400. The molecule has 0 fully saturated rings. The molecule has 0 aromatic heterocycles. The third kappa shape index (κ3) is 1.51. The van der Waals surface area contributed by atoms with Crippen LogP contribution in [-0.4, -0.2) is 34.2 Å². The summed E-state index contributed by atoms with van der Waals surface area (Å²) in [6, 6.07) is 0. The predicted molar refractivity (Wildman–Crippen MR) is 29.1 cm³/mol. The summed E-state index contributed by atoms with van der Waals surface area (Å²) in [5.41, 5.74) is 0. The van der Waals surface area contributed by atoms with Crippen LogP contribution >= 0.6 is 0 Å². The first-order valence-electron chi connectivity index (χ1n) is 2.54. The van der Waals surface area contributed by atoms with E-state index in [9.17, 15) is 4.79 Å². The summed E-state index contributed by atoms with van der Waals surface area (Å²) >= 11 is 0. The number of aliphatic hydroxyl groups is 1. The standard InChI is InChI=1S/C5H7NO3/c7-4-1-5(8)3-6(9)2-4/h1,7,9H,2-3H2. The van der Waals surface area contributed by atoms with E-state index in [0.29, 0.717) is 0 Å². The van der Waals surface area contributed by atoms with Gasteiger partial charge < -0.3 is 10.3 Å². The van der Waals surface area contributed by atoms with Crippen LogP contribution in [0.5, 0.6) is 0 Å². The maximum absolute atomic E-state index is 10.4. The van der Waals surface area contributed by atoms with Gasteiger partial charge in [-0.3, -0.25) is 4.79 Å². The lowest BCUT2D eigenvalue weighted by Crippen LogP contribution is -2.31. The summed E-state index contributed by atoms with van der Waals surface area (Å²) in [6.07, 6.45) is 1.12. The van der Waals surface area contributed by atoms with E-state index in [1.807, 2.05) is 0 Å². The van der Waals surface area contributed by atoms with Gasteiger partial charge in [0, 0.05) is 6.08 Å². The van der Waals surface area contributed by atoms with E-state index in [1.165, 1.54) is 0 Å². The average Bonchev–Trinajstić information content (AvgIpc) is 1.59. The highest BCUT2D eigenvalue weighted by Gasteiger charge is 2.14. The largest absolute Gasteiger partial charge is 0.511 e. The average molecular weight is 129 g/mol. The Labute approximate surface area is 52.0 Å².